The van der Waals surface area contributed by atoms with Crippen LogP contribution < -0.4 is 0 Å². The maximum absolute atomic E-state index is 13.5. The molecule has 1 amide bonds. The Bertz CT molecular complexity index is 1090. The van der Waals surface area contributed by atoms with Crippen molar-refractivity contribution in [2.75, 3.05) is 6.54 Å². The number of hydrogen-bond acceptors (Lipinski definition) is 6. The Labute approximate surface area is 181 Å². The molecule has 4 rings (SSSR count). The summed E-state index contributed by atoms with van der Waals surface area (Å²) < 4.78 is 43.4. The number of carbonyl (C=O) groups is 1. The van der Waals surface area contributed by atoms with E-state index >= 15 is 0 Å². The molecule has 0 aliphatic carbocycles. The van der Waals surface area contributed by atoms with Gasteiger partial charge in [-0.1, -0.05) is 23.4 Å². The number of rotatable bonds is 4. The Morgan fingerprint density at radius 1 is 1.19 bits per heavy atom. The third kappa shape index (κ3) is 4.36. The van der Waals surface area contributed by atoms with Crippen molar-refractivity contribution in [3.05, 3.63) is 65.8 Å². The van der Waals surface area contributed by atoms with E-state index in [1.165, 1.54) is 0 Å². The van der Waals surface area contributed by atoms with Gasteiger partial charge in [0.1, 0.15) is 11.5 Å². The van der Waals surface area contributed by atoms with Crippen LogP contribution in [0, 0.1) is 0 Å². The maximum Gasteiger partial charge on any atom is 0.420 e. The number of aliphatic hydroxyl groups excluding tert-OH is 1. The Morgan fingerprint density at radius 3 is 2.62 bits per heavy atom. The van der Waals surface area contributed by atoms with Gasteiger partial charge in [0.25, 0.3) is 5.91 Å². The predicted molar refractivity (Wildman–Crippen MR) is 107 cm³/mol. The molecule has 1 N–H and O–H groups in total. The Balaban J connectivity index is 1.58. The standard InChI is InChI=1S/C22H21F3N4O3/c1-13-7-8-14(18-11-17(28-32-18)19(30)22(23,24)25)12-29(13)21(31)16-6-3-2-5-15(16)20-26-9-4-10-27-20/h2-6,9-11,13-14,19,30H,7-8,12H2,1H3/t13-,14-,19-/m1/s1. The monoisotopic (exact) mass is 446 g/mol. The van der Waals surface area contributed by atoms with Crippen LogP contribution in [0.1, 0.15) is 53.6 Å². The minimum absolute atomic E-state index is 0.0772. The number of alkyl halides is 3. The van der Waals surface area contributed by atoms with Gasteiger partial charge in [0.2, 0.25) is 0 Å². The molecule has 0 radical (unpaired) electrons. The Morgan fingerprint density at radius 2 is 1.91 bits per heavy atom. The van der Waals surface area contributed by atoms with Crippen molar-refractivity contribution in [2.45, 2.75) is 44.0 Å². The van der Waals surface area contributed by atoms with Crippen LogP contribution in [-0.2, 0) is 0 Å². The summed E-state index contributed by atoms with van der Waals surface area (Å²) in [5.74, 6) is 0.0867. The second-order valence-electron chi connectivity index (χ2n) is 7.80. The van der Waals surface area contributed by atoms with Gasteiger partial charge in [-0.2, -0.15) is 13.2 Å². The number of halogens is 3. The van der Waals surface area contributed by atoms with Crippen LogP contribution in [0.15, 0.2) is 53.3 Å². The zero-order chi connectivity index (χ0) is 22.9. The highest BCUT2D eigenvalue weighted by Crippen LogP contribution is 2.36. The third-order valence-corrected chi connectivity index (χ3v) is 5.65. The van der Waals surface area contributed by atoms with Crippen molar-refractivity contribution in [2.24, 2.45) is 0 Å². The lowest BCUT2D eigenvalue weighted by molar-refractivity contribution is -0.208. The molecule has 32 heavy (non-hydrogen) atoms. The Hall–Kier alpha value is -3.27. The summed E-state index contributed by atoms with van der Waals surface area (Å²) in [6.07, 6.45) is -3.10. The molecule has 1 saturated heterocycles. The molecule has 1 fully saturated rings. The van der Waals surface area contributed by atoms with Crippen LogP contribution in [0.25, 0.3) is 11.4 Å². The van der Waals surface area contributed by atoms with E-state index in [-0.39, 0.29) is 30.2 Å². The number of benzene rings is 1. The van der Waals surface area contributed by atoms with E-state index in [1.807, 2.05) is 6.92 Å². The summed E-state index contributed by atoms with van der Waals surface area (Å²) in [4.78, 5) is 23.6. The number of hydrogen-bond donors (Lipinski definition) is 1. The van der Waals surface area contributed by atoms with Crippen molar-refractivity contribution in [3.63, 3.8) is 0 Å². The average Bonchev–Trinajstić information content (AvgIpc) is 3.28. The smallest absolute Gasteiger partial charge is 0.378 e. The van der Waals surface area contributed by atoms with E-state index in [0.717, 1.165) is 6.07 Å². The van der Waals surface area contributed by atoms with Gasteiger partial charge in [0.15, 0.2) is 11.9 Å². The zero-order valence-electron chi connectivity index (χ0n) is 17.2. The normalized spacial score (nSPS) is 20.2. The highest BCUT2D eigenvalue weighted by Gasteiger charge is 2.42. The summed E-state index contributed by atoms with van der Waals surface area (Å²) in [6.45, 7) is 2.18. The van der Waals surface area contributed by atoms with Gasteiger partial charge in [-0.3, -0.25) is 4.79 Å². The fourth-order valence-corrected chi connectivity index (χ4v) is 3.87. The predicted octanol–water partition coefficient (Wildman–Crippen LogP) is 4.14. The van der Waals surface area contributed by atoms with E-state index in [2.05, 4.69) is 15.1 Å². The molecule has 0 spiro atoms. The molecule has 2 aromatic heterocycles. The largest absolute Gasteiger partial charge is 0.420 e. The van der Waals surface area contributed by atoms with Crippen LogP contribution in [0.5, 0.6) is 0 Å². The lowest BCUT2D eigenvalue weighted by Gasteiger charge is -2.37. The van der Waals surface area contributed by atoms with Gasteiger partial charge in [-0.05, 0) is 31.9 Å². The van der Waals surface area contributed by atoms with Gasteiger partial charge >= 0.3 is 6.18 Å². The van der Waals surface area contributed by atoms with Crippen LogP contribution in [0.2, 0.25) is 0 Å². The van der Waals surface area contributed by atoms with Crippen molar-refractivity contribution in [1.82, 2.24) is 20.0 Å². The molecule has 3 heterocycles. The fourth-order valence-electron chi connectivity index (χ4n) is 3.87. The van der Waals surface area contributed by atoms with Gasteiger partial charge in [0, 0.05) is 42.5 Å². The number of likely N-dealkylation sites (tertiary alicyclic amines) is 1. The van der Waals surface area contributed by atoms with Crippen LogP contribution >= 0.6 is 0 Å². The first-order chi connectivity index (χ1) is 15.3. The number of carbonyl (C=O) groups excluding carboxylic acids is 1. The molecule has 1 aromatic carbocycles. The van der Waals surface area contributed by atoms with Crippen LogP contribution in [0.3, 0.4) is 0 Å². The molecule has 3 aromatic rings. The molecule has 168 valence electrons. The number of aromatic nitrogens is 3. The molecule has 0 saturated carbocycles. The van der Waals surface area contributed by atoms with Crippen LogP contribution in [-0.4, -0.2) is 49.8 Å². The Kier molecular flexibility index (Phi) is 5.96. The molecule has 3 atom stereocenters. The summed E-state index contributed by atoms with van der Waals surface area (Å²) in [5, 5.41) is 12.8. The number of nitrogens with zero attached hydrogens (tertiary/aromatic N) is 4. The first-order valence-corrected chi connectivity index (χ1v) is 10.1. The molecular formula is C22H21F3N4O3. The minimum Gasteiger partial charge on any atom is -0.378 e. The highest BCUT2D eigenvalue weighted by molar-refractivity contribution is 6.00. The highest BCUT2D eigenvalue weighted by atomic mass is 19.4. The number of piperidine rings is 1. The topological polar surface area (TPSA) is 92.4 Å². The summed E-state index contributed by atoms with van der Waals surface area (Å²) in [7, 11) is 0. The third-order valence-electron chi connectivity index (χ3n) is 5.65. The second kappa shape index (κ2) is 8.70. The van der Waals surface area contributed by atoms with E-state index in [4.69, 9.17) is 4.52 Å². The van der Waals surface area contributed by atoms with Crippen molar-refractivity contribution in [1.29, 1.82) is 0 Å². The molecular weight excluding hydrogens is 425 g/mol. The number of aliphatic hydroxyl groups is 1. The molecule has 1 aliphatic rings. The molecule has 10 heteroatoms. The van der Waals surface area contributed by atoms with Crippen molar-refractivity contribution in [3.8, 4) is 11.4 Å². The molecule has 1 aliphatic heterocycles. The average molecular weight is 446 g/mol. The van der Waals surface area contributed by atoms with E-state index < -0.39 is 18.0 Å². The van der Waals surface area contributed by atoms with Gasteiger partial charge in [0.05, 0.1) is 5.56 Å². The van der Waals surface area contributed by atoms with Crippen molar-refractivity contribution >= 4 is 5.91 Å². The minimum atomic E-state index is -4.83. The summed E-state index contributed by atoms with van der Waals surface area (Å²) >= 11 is 0. The van der Waals surface area contributed by atoms with Gasteiger partial charge < -0.3 is 14.5 Å². The molecule has 7 nitrogen and oxygen atoms in total. The zero-order valence-corrected chi connectivity index (χ0v) is 17.2. The quantitative estimate of drug-likeness (QED) is 0.648. The first kappa shape index (κ1) is 21.9. The maximum atomic E-state index is 13.5. The van der Waals surface area contributed by atoms with Gasteiger partial charge in [-0.15, -0.1) is 0 Å². The van der Waals surface area contributed by atoms with Crippen molar-refractivity contribution < 1.29 is 27.6 Å². The van der Waals surface area contributed by atoms with E-state index in [0.29, 0.717) is 29.8 Å². The SMILES string of the molecule is C[C@@H]1CC[C@@H](c2cc([C@@H](O)C(F)(F)F)no2)CN1C(=O)c1ccccc1-c1ncccn1. The lowest BCUT2D eigenvalue weighted by Crippen LogP contribution is -2.45. The molecule has 0 bridgehead atoms. The summed E-state index contributed by atoms with van der Waals surface area (Å²) in [6, 6.07) is 9.76. The van der Waals surface area contributed by atoms with E-state index in [1.54, 1.807) is 47.6 Å². The lowest BCUT2D eigenvalue weighted by atomic mass is 9.90. The fraction of sp³-hybridized carbons (Fsp3) is 0.364. The second-order valence-corrected chi connectivity index (χ2v) is 7.80. The summed E-state index contributed by atoms with van der Waals surface area (Å²) in [5.41, 5.74) is 0.454. The van der Waals surface area contributed by atoms with Crippen LogP contribution in [0.4, 0.5) is 13.2 Å². The first-order valence-electron chi connectivity index (χ1n) is 10.1. The van der Waals surface area contributed by atoms with E-state index in [9.17, 15) is 23.1 Å². The number of amides is 1. The van der Waals surface area contributed by atoms with Gasteiger partial charge in [-0.25, -0.2) is 9.97 Å². The molecule has 0 unspecified atom stereocenters.